The third kappa shape index (κ3) is 4.62. The van der Waals surface area contributed by atoms with Gasteiger partial charge in [-0.1, -0.05) is 6.92 Å². The minimum absolute atomic E-state index is 0.141. The van der Waals surface area contributed by atoms with Crippen LogP contribution in [0.2, 0.25) is 0 Å². The molecule has 1 saturated heterocycles. The summed E-state index contributed by atoms with van der Waals surface area (Å²) in [5.74, 6) is -0.141. The lowest BCUT2D eigenvalue weighted by molar-refractivity contribution is -0.144. The molecule has 1 fully saturated rings. The molecule has 0 radical (unpaired) electrons. The fourth-order valence-electron chi connectivity index (χ4n) is 1.77. The van der Waals surface area contributed by atoms with E-state index in [0.29, 0.717) is 19.3 Å². The molecule has 1 unspecified atom stereocenters. The molecule has 0 aromatic rings. The summed E-state index contributed by atoms with van der Waals surface area (Å²) in [5.41, 5.74) is 0. The van der Waals surface area contributed by atoms with Gasteiger partial charge in [-0.15, -0.1) is 0 Å². The Labute approximate surface area is 91.5 Å². The van der Waals surface area contributed by atoms with E-state index < -0.39 is 0 Å². The van der Waals surface area contributed by atoms with Gasteiger partial charge in [0.1, 0.15) is 0 Å². The van der Waals surface area contributed by atoms with Gasteiger partial charge in [0.2, 0.25) is 0 Å². The van der Waals surface area contributed by atoms with Gasteiger partial charge >= 0.3 is 5.97 Å². The van der Waals surface area contributed by atoms with E-state index in [1.165, 1.54) is 0 Å². The van der Waals surface area contributed by atoms with Gasteiger partial charge in [0, 0.05) is 13.2 Å². The van der Waals surface area contributed by atoms with Crippen LogP contribution in [0.4, 0.5) is 0 Å². The molecule has 0 aliphatic carbocycles. The lowest BCUT2D eigenvalue weighted by Crippen LogP contribution is -2.36. The summed E-state index contributed by atoms with van der Waals surface area (Å²) < 4.78 is 10.5. The van der Waals surface area contributed by atoms with E-state index >= 15 is 0 Å². The first-order valence-corrected chi connectivity index (χ1v) is 5.75. The first-order valence-electron chi connectivity index (χ1n) is 5.75. The van der Waals surface area contributed by atoms with Gasteiger partial charge in [-0.05, 0) is 26.3 Å². The number of nitrogens with zero attached hydrogens (tertiary/aromatic N) is 1. The van der Waals surface area contributed by atoms with E-state index in [1.54, 1.807) is 0 Å². The molecule has 0 aromatic carbocycles. The molecule has 4 heteroatoms. The number of carbonyl (C=O) groups is 1. The molecular weight excluding hydrogens is 194 g/mol. The average Bonchev–Trinajstić information content (AvgIpc) is 2.70. The second kappa shape index (κ2) is 6.80. The summed E-state index contributed by atoms with van der Waals surface area (Å²) in [6.45, 7) is 7.28. The van der Waals surface area contributed by atoms with Gasteiger partial charge in [-0.2, -0.15) is 0 Å². The van der Waals surface area contributed by atoms with Crippen molar-refractivity contribution in [3.8, 4) is 0 Å². The van der Waals surface area contributed by atoms with Crippen molar-refractivity contribution >= 4 is 5.97 Å². The third-order valence-electron chi connectivity index (χ3n) is 2.59. The normalized spacial score (nSPS) is 20.9. The largest absolute Gasteiger partial charge is 0.465 e. The van der Waals surface area contributed by atoms with Crippen molar-refractivity contribution in [2.24, 2.45) is 0 Å². The van der Waals surface area contributed by atoms with Crippen molar-refractivity contribution < 1.29 is 14.3 Å². The van der Waals surface area contributed by atoms with E-state index in [9.17, 15) is 4.79 Å². The summed E-state index contributed by atoms with van der Waals surface area (Å²) in [5, 5.41) is 0. The maximum atomic E-state index is 11.3. The van der Waals surface area contributed by atoms with Crippen LogP contribution in [-0.4, -0.2) is 49.8 Å². The maximum absolute atomic E-state index is 11.3. The first kappa shape index (κ1) is 12.5. The summed E-state index contributed by atoms with van der Waals surface area (Å²) >= 11 is 0. The molecule has 15 heavy (non-hydrogen) atoms. The Morgan fingerprint density at radius 2 is 2.33 bits per heavy atom. The van der Waals surface area contributed by atoms with Crippen LogP contribution in [0.15, 0.2) is 0 Å². The van der Waals surface area contributed by atoms with Crippen LogP contribution in [0.25, 0.3) is 0 Å². The number of hydrogen-bond donors (Lipinski definition) is 0. The predicted molar refractivity (Wildman–Crippen MR) is 57.7 cm³/mol. The van der Waals surface area contributed by atoms with Crippen molar-refractivity contribution in [3.63, 3.8) is 0 Å². The summed E-state index contributed by atoms with van der Waals surface area (Å²) in [7, 11) is 0. The van der Waals surface area contributed by atoms with Gasteiger partial charge in [0.05, 0.1) is 19.3 Å². The van der Waals surface area contributed by atoms with Crippen LogP contribution in [0.1, 0.15) is 26.7 Å². The molecular formula is C11H21NO3. The third-order valence-corrected chi connectivity index (χ3v) is 2.59. The van der Waals surface area contributed by atoms with Crippen LogP contribution in [-0.2, 0) is 14.3 Å². The number of ether oxygens (including phenoxy) is 2. The van der Waals surface area contributed by atoms with Crippen LogP contribution in [0.3, 0.4) is 0 Å². The van der Waals surface area contributed by atoms with Crippen LogP contribution < -0.4 is 0 Å². The Morgan fingerprint density at radius 3 is 2.87 bits per heavy atom. The van der Waals surface area contributed by atoms with Gasteiger partial charge in [0.15, 0.2) is 0 Å². The molecule has 1 aliphatic heterocycles. The maximum Gasteiger partial charge on any atom is 0.320 e. The molecule has 1 atom stereocenters. The zero-order valence-electron chi connectivity index (χ0n) is 9.70. The number of rotatable bonds is 6. The van der Waals surface area contributed by atoms with Crippen molar-refractivity contribution in [1.29, 1.82) is 0 Å². The van der Waals surface area contributed by atoms with E-state index in [-0.39, 0.29) is 5.97 Å². The molecule has 0 aromatic heterocycles. The molecule has 0 saturated carbocycles. The zero-order valence-corrected chi connectivity index (χ0v) is 9.70. The molecule has 1 rings (SSSR count). The molecule has 4 nitrogen and oxygen atoms in total. The Kier molecular flexibility index (Phi) is 5.65. The summed E-state index contributed by atoms with van der Waals surface area (Å²) in [4.78, 5) is 13.4. The highest BCUT2D eigenvalue weighted by molar-refractivity contribution is 5.71. The van der Waals surface area contributed by atoms with Crippen LogP contribution >= 0.6 is 0 Å². The second-order valence-corrected chi connectivity index (χ2v) is 3.77. The fourth-order valence-corrected chi connectivity index (χ4v) is 1.77. The number of esters is 1. The van der Waals surface area contributed by atoms with Crippen molar-refractivity contribution in [2.75, 3.05) is 32.8 Å². The molecule has 1 heterocycles. The molecule has 0 spiro atoms. The topological polar surface area (TPSA) is 38.8 Å². The monoisotopic (exact) mass is 215 g/mol. The summed E-state index contributed by atoms with van der Waals surface area (Å²) in [6.07, 6.45) is 2.56. The Hall–Kier alpha value is -0.610. The highest BCUT2D eigenvalue weighted by atomic mass is 16.5. The molecule has 0 bridgehead atoms. The SMILES string of the molecule is CCOC(=O)CN(CC)CC1CCCO1. The number of carbonyl (C=O) groups excluding carboxylic acids is 1. The minimum Gasteiger partial charge on any atom is -0.465 e. The minimum atomic E-state index is -0.141. The van der Waals surface area contributed by atoms with Gasteiger partial charge in [-0.3, -0.25) is 9.69 Å². The Bertz CT molecular complexity index is 190. The highest BCUT2D eigenvalue weighted by Gasteiger charge is 2.19. The van der Waals surface area contributed by atoms with E-state index in [0.717, 1.165) is 32.5 Å². The Balaban J connectivity index is 2.24. The van der Waals surface area contributed by atoms with Crippen molar-refractivity contribution in [3.05, 3.63) is 0 Å². The summed E-state index contributed by atoms with van der Waals surface area (Å²) in [6, 6.07) is 0. The lowest BCUT2D eigenvalue weighted by Gasteiger charge is -2.22. The Morgan fingerprint density at radius 1 is 1.53 bits per heavy atom. The van der Waals surface area contributed by atoms with Crippen LogP contribution in [0, 0.1) is 0 Å². The molecule has 88 valence electrons. The quantitative estimate of drug-likeness (QED) is 0.621. The standard InChI is InChI=1S/C11H21NO3/c1-3-12(9-11(13)14-4-2)8-10-6-5-7-15-10/h10H,3-9H2,1-2H3. The van der Waals surface area contributed by atoms with Gasteiger partial charge in [0.25, 0.3) is 0 Å². The second-order valence-electron chi connectivity index (χ2n) is 3.77. The average molecular weight is 215 g/mol. The number of hydrogen-bond acceptors (Lipinski definition) is 4. The molecule has 0 amide bonds. The van der Waals surface area contributed by atoms with Crippen LogP contribution in [0.5, 0.6) is 0 Å². The van der Waals surface area contributed by atoms with Gasteiger partial charge in [-0.25, -0.2) is 0 Å². The van der Waals surface area contributed by atoms with E-state index in [2.05, 4.69) is 4.90 Å². The van der Waals surface area contributed by atoms with E-state index in [1.807, 2.05) is 13.8 Å². The van der Waals surface area contributed by atoms with E-state index in [4.69, 9.17) is 9.47 Å². The van der Waals surface area contributed by atoms with Crippen molar-refractivity contribution in [1.82, 2.24) is 4.90 Å². The fraction of sp³-hybridized carbons (Fsp3) is 0.909. The predicted octanol–water partition coefficient (Wildman–Crippen LogP) is 1.05. The zero-order chi connectivity index (χ0) is 11.1. The van der Waals surface area contributed by atoms with Gasteiger partial charge < -0.3 is 9.47 Å². The molecule has 0 N–H and O–H groups in total. The first-order chi connectivity index (χ1) is 7.26. The lowest BCUT2D eigenvalue weighted by atomic mass is 10.2. The number of likely N-dealkylation sites (N-methyl/N-ethyl adjacent to an activating group) is 1. The molecule has 1 aliphatic rings. The highest BCUT2D eigenvalue weighted by Crippen LogP contribution is 2.13. The van der Waals surface area contributed by atoms with Crippen molar-refractivity contribution in [2.45, 2.75) is 32.8 Å². The smallest absolute Gasteiger partial charge is 0.320 e.